The molecule has 4 heteroatoms. The SMILES string of the molecule is CCOC(=O)/C=C(/Cc1ccc(F)cc1)N(Cc1ccccc1)Cc1ccccc1. The van der Waals surface area contributed by atoms with Crippen LogP contribution < -0.4 is 0 Å². The third kappa shape index (κ3) is 6.59. The number of rotatable bonds is 9. The Morgan fingerprint density at radius 1 is 0.833 bits per heavy atom. The summed E-state index contributed by atoms with van der Waals surface area (Å²) in [7, 11) is 0. The van der Waals surface area contributed by atoms with Gasteiger partial charge in [0.15, 0.2) is 0 Å². The van der Waals surface area contributed by atoms with Crippen LogP contribution in [0.2, 0.25) is 0 Å². The number of ether oxygens (including phenoxy) is 1. The van der Waals surface area contributed by atoms with Gasteiger partial charge in [-0.2, -0.15) is 0 Å². The zero-order valence-electron chi connectivity index (χ0n) is 17.1. The Morgan fingerprint density at radius 2 is 1.37 bits per heavy atom. The second-order valence-corrected chi connectivity index (χ2v) is 7.02. The van der Waals surface area contributed by atoms with Crippen molar-refractivity contribution in [2.24, 2.45) is 0 Å². The van der Waals surface area contributed by atoms with E-state index in [0.717, 1.165) is 22.4 Å². The van der Waals surface area contributed by atoms with Gasteiger partial charge in [-0.3, -0.25) is 0 Å². The Labute approximate surface area is 177 Å². The molecule has 0 unspecified atom stereocenters. The molecule has 0 amide bonds. The molecule has 0 saturated carbocycles. The summed E-state index contributed by atoms with van der Waals surface area (Å²) in [5, 5.41) is 0. The molecule has 0 aromatic heterocycles. The van der Waals surface area contributed by atoms with Gasteiger partial charge in [-0.05, 0) is 35.7 Å². The van der Waals surface area contributed by atoms with Gasteiger partial charge in [0.25, 0.3) is 0 Å². The average molecular weight is 403 g/mol. The molecule has 0 aliphatic heterocycles. The van der Waals surface area contributed by atoms with Crippen LogP contribution in [-0.4, -0.2) is 17.5 Å². The lowest BCUT2D eigenvalue weighted by molar-refractivity contribution is -0.137. The van der Waals surface area contributed by atoms with Gasteiger partial charge in [-0.15, -0.1) is 0 Å². The Morgan fingerprint density at radius 3 is 1.87 bits per heavy atom. The van der Waals surface area contributed by atoms with Gasteiger partial charge in [0.2, 0.25) is 0 Å². The first-order chi connectivity index (χ1) is 14.6. The van der Waals surface area contributed by atoms with E-state index in [1.807, 2.05) is 36.4 Å². The van der Waals surface area contributed by atoms with E-state index in [-0.39, 0.29) is 11.8 Å². The lowest BCUT2D eigenvalue weighted by Crippen LogP contribution is -2.25. The highest BCUT2D eigenvalue weighted by molar-refractivity contribution is 5.82. The average Bonchev–Trinajstić information content (AvgIpc) is 2.76. The summed E-state index contributed by atoms with van der Waals surface area (Å²) < 4.78 is 18.5. The summed E-state index contributed by atoms with van der Waals surface area (Å²) in [6, 6.07) is 26.6. The molecule has 0 bridgehead atoms. The molecule has 3 aromatic rings. The molecule has 154 valence electrons. The van der Waals surface area contributed by atoms with E-state index in [9.17, 15) is 9.18 Å². The Balaban J connectivity index is 1.94. The van der Waals surface area contributed by atoms with E-state index in [1.54, 1.807) is 25.1 Å². The molecule has 3 aromatic carbocycles. The summed E-state index contributed by atoms with van der Waals surface area (Å²) in [6.07, 6.45) is 2.05. The van der Waals surface area contributed by atoms with Crippen LogP contribution in [0.5, 0.6) is 0 Å². The second-order valence-electron chi connectivity index (χ2n) is 7.02. The van der Waals surface area contributed by atoms with Gasteiger partial charge in [0, 0.05) is 31.3 Å². The minimum Gasteiger partial charge on any atom is -0.463 e. The van der Waals surface area contributed by atoms with Gasteiger partial charge in [0.1, 0.15) is 5.82 Å². The van der Waals surface area contributed by atoms with Crippen molar-refractivity contribution in [3.63, 3.8) is 0 Å². The fourth-order valence-electron chi connectivity index (χ4n) is 3.25. The van der Waals surface area contributed by atoms with Gasteiger partial charge in [0.05, 0.1) is 6.61 Å². The third-order valence-electron chi connectivity index (χ3n) is 4.71. The molecule has 0 fully saturated rings. The quantitative estimate of drug-likeness (QED) is 0.348. The van der Waals surface area contributed by atoms with Crippen molar-refractivity contribution in [2.45, 2.75) is 26.4 Å². The molecule has 0 radical (unpaired) electrons. The van der Waals surface area contributed by atoms with E-state index in [0.29, 0.717) is 26.1 Å². The predicted molar refractivity (Wildman–Crippen MR) is 117 cm³/mol. The van der Waals surface area contributed by atoms with Crippen LogP contribution in [0.4, 0.5) is 4.39 Å². The van der Waals surface area contributed by atoms with Gasteiger partial charge >= 0.3 is 5.97 Å². The van der Waals surface area contributed by atoms with Gasteiger partial charge in [-0.1, -0.05) is 72.8 Å². The molecule has 0 heterocycles. The van der Waals surface area contributed by atoms with Crippen LogP contribution in [0.3, 0.4) is 0 Å². The van der Waals surface area contributed by atoms with Gasteiger partial charge < -0.3 is 9.64 Å². The molecular formula is C26H26FNO2. The van der Waals surface area contributed by atoms with Crippen molar-refractivity contribution in [3.05, 3.63) is 119 Å². The monoisotopic (exact) mass is 403 g/mol. The summed E-state index contributed by atoms with van der Waals surface area (Å²) in [4.78, 5) is 14.5. The fraction of sp³-hybridized carbons (Fsp3) is 0.192. The summed E-state index contributed by atoms with van der Waals surface area (Å²) in [5.41, 5.74) is 4.04. The van der Waals surface area contributed by atoms with Crippen LogP contribution in [0, 0.1) is 5.82 Å². The van der Waals surface area contributed by atoms with Crippen LogP contribution in [0.25, 0.3) is 0 Å². The zero-order valence-corrected chi connectivity index (χ0v) is 17.1. The van der Waals surface area contributed by atoms with Crippen LogP contribution in [-0.2, 0) is 29.0 Å². The van der Waals surface area contributed by atoms with E-state index < -0.39 is 0 Å². The lowest BCUT2D eigenvalue weighted by atomic mass is 10.1. The first-order valence-corrected chi connectivity index (χ1v) is 10.1. The van der Waals surface area contributed by atoms with Crippen molar-refractivity contribution in [2.75, 3.05) is 6.61 Å². The van der Waals surface area contributed by atoms with Gasteiger partial charge in [-0.25, -0.2) is 9.18 Å². The first kappa shape index (κ1) is 21.3. The summed E-state index contributed by atoms with van der Waals surface area (Å²) >= 11 is 0. The Bertz CT molecular complexity index is 912. The summed E-state index contributed by atoms with van der Waals surface area (Å²) in [6.45, 7) is 3.39. The molecule has 30 heavy (non-hydrogen) atoms. The number of carbonyl (C=O) groups is 1. The number of nitrogens with zero attached hydrogens (tertiary/aromatic N) is 1. The third-order valence-corrected chi connectivity index (χ3v) is 4.71. The largest absolute Gasteiger partial charge is 0.463 e. The van der Waals surface area contributed by atoms with Crippen molar-refractivity contribution >= 4 is 5.97 Å². The number of esters is 1. The topological polar surface area (TPSA) is 29.5 Å². The standard InChI is InChI=1S/C26H26FNO2/c1-2-30-26(29)18-25(17-21-13-15-24(27)16-14-21)28(19-22-9-5-3-6-10-22)20-23-11-7-4-8-12-23/h3-16,18H,2,17,19-20H2,1H3/b25-18-. The number of hydrogen-bond donors (Lipinski definition) is 0. The number of carbonyl (C=O) groups excluding carboxylic acids is 1. The minimum atomic E-state index is -0.374. The van der Waals surface area contributed by atoms with E-state index in [4.69, 9.17) is 4.74 Å². The molecule has 0 aliphatic carbocycles. The molecule has 0 saturated heterocycles. The molecule has 0 spiro atoms. The zero-order chi connectivity index (χ0) is 21.2. The van der Waals surface area contributed by atoms with E-state index in [1.165, 1.54) is 12.1 Å². The van der Waals surface area contributed by atoms with Crippen LogP contribution in [0.1, 0.15) is 23.6 Å². The Hall–Kier alpha value is -3.40. The number of halogens is 1. The normalized spacial score (nSPS) is 11.2. The van der Waals surface area contributed by atoms with Crippen molar-refractivity contribution in [3.8, 4) is 0 Å². The molecular weight excluding hydrogens is 377 g/mol. The number of benzene rings is 3. The maximum atomic E-state index is 13.4. The van der Waals surface area contributed by atoms with Crippen molar-refractivity contribution in [1.82, 2.24) is 4.90 Å². The van der Waals surface area contributed by atoms with E-state index in [2.05, 4.69) is 29.2 Å². The van der Waals surface area contributed by atoms with Crippen LogP contribution >= 0.6 is 0 Å². The first-order valence-electron chi connectivity index (χ1n) is 10.1. The minimum absolute atomic E-state index is 0.278. The van der Waals surface area contributed by atoms with Crippen molar-refractivity contribution < 1.29 is 13.9 Å². The maximum Gasteiger partial charge on any atom is 0.332 e. The highest BCUT2D eigenvalue weighted by atomic mass is 19.1. The number of hydrogen-bond acceptors (Lipinski definition) is 3. The molecule has 0 N–H and O–H groups in total. The summed E-state index contributed by atoms with van der Waals surface area (Å²) in [5.74, 6) is -0.652. The number of allylic oxidation sites excluding steroid dienone is 1. The highest BCUT2D eigenvalue weighted by Crippen LogP contribution is 2.20. The fourth-order valence-corrected chi connectivity index (χ4v) is 3.25. The second kappa shape index (κ2) is 11.0. The van der Waals surface area contributed by atoms with Crippen molar-refractivity contribution in [1.29, 1.82) is 0 Å². The smallest absolute Gasteiger partial charge is 0.332 e. The lowest BCUT2D eigenvalue weighted by Gasteiger charge is -2.28. The molecule has 0 aliphatic rings. The molecule has 0 atom stereocenters. The van der Waals surface area contributed by atoms with Crippen LogP contribution in [0.15, 0.2) is 96.7 Å². The van der Waals surface area contributed by atoms with E-state index >= 15 is 0 Å². The molecule has 3 rings (SSSR count). The Kier molecular flexibility index (Phi) is 7.78. The maximum absolute atomic E-state index is 13.4. The predicted octanol–water partition coefficient (Wildman–Crippen LogP) is 5.52. The highest BCUT2D eigenvalue weighted by Gasteiger charge is 2.15. The molecule has 3 nitrogen and oxygen atoms in total.